The Morgan fingerprint density at radius 3 is 3.10 bits per heavy atom. The molecule has 1 unspecified atom stereocenters. The van der Waals surface area contributed by atoms with Gasteiger partial charge in [0.15, 0.2) is 0 Å². The lowest BCUT2D eigenvalue weighted by Crippen LogP contribution is -2.37. The summed E-state index contributed by atoms with van der Waals surface area (Å²) in [5.41, 5.74) is 0.636. The maximum atomic E-state index is 12.4. The lowest BCUT2D eigenvalue weighted by molar-refractivity contribution is -0.119. The second-order valence-electron chi connectivity index (χ2n) is 4.91. The van der Waals surface area contributed by atoms with Gasteiger partial charge >= 0.3 is 0 Å². The minimum absolute atomic E-state index is 0.0192. The van der Waals surface area contributed by atoms with E-state index in [0.29, 0.717) is 25.1 Å². The molecule has 0 saturated carbocycles. The van der Waals surface area contributed by atoms with Gasteiger partial charge < -0.3 is 15.3 Å². The van der Waals surface area contributed by atoms with Gasteiger partial charge in [0.05, 0.1) is 17.0 Å². The number of aliphatic hydroxyl groups excluding tert-OH is 1. The number of carbonyl (C=O) groups excluding carboxylic acids is 2. The van der Waals surface area contributed by atoms with Crippen LogP contribution in [0.1, 0.15) is 35.0 Å². The smallest absolute Gasteiger partial charge is 0.254 e. The largest absolute Gasteiger partial charge is 0.395 e. The number of aliphatic hydroxyl groups is 1. The van der Waals surface area contributed by atoms with Crippen molar-refractivity contribution in [2.24, 2.45) is 0 Å². The molecule has 0 spiro atoms. The molecule has 1 saturated heterocycles. The third-order valence-electron chi connectivity index (χ3n) is 3.18. The Kier molecular flexibility index (Phi) is 5.37. The van der Waals surface area contributed by atoms with E-state index in [4.69, 9.17) is 5.11 Å². The van der Waals surface area contributed by atoms with Crippen molar-refractivity contribution in [3.8, 4) is 11.8 Å². The number of hydrogen-bond donors (Lipinski definition) is 2. The normalized spacial score (nSPS) is 17.2. The predicted molar refractivity (Wildman–Crippen MR) is 81.0 cm³/mol. The average Bonchev–Trinajstić information content (AvgIpc) is 3.07. The van der Waals surface area contributed by atoms with Crippen LogP contribution >= 0.6 is 11.3 Å². The van der Waals surface area contributed by atoms with Gasteiger partial charge in [-0.2, -0.15) is 0 Å². The molecular formula is C15H18N2O3S. The maximum Gasteiger partial charge on any atom is 0.254 e. The van der Waals surface area contributed by atoms with Crippen molar-refractivity contribution in [3.63, 3.8) is 0 Å². The Bertz CT molecular complexity index is 585. The van der Waals surface area contributed by atoms with Gasteiger partial charge in [-0.3, -0.25) is 9.59 Å². The van der Waals surface area contributed by atoms with Crippen LogP contribution in [-0.4, -0.2) is 47.6 Å². The number of thiophene rings is 1. The van der Waals surface area contributed by atoms with Crippen molar-refractivity contribution < 1.29 is 14.7 Å². The summed E-state index contributed by atoms with van der Waals surface area (Å²) in [5, 5.41) is 13.3. The standard InChI is InChI=1S/C15H18N2O3S/c1-11(19)16-13-5-6-17(9-13)15(20)12-8-14(21-10-12)4-2-3-7-18/h8,10,13,18H,3,5-7,9H2,1H3,(H,16,19). The molecule has 2 N–H and O–H groups in total. The number of rotatable bonds is 3. The summed E-state index contributed by atoms with van der Waals surface area (Å²) in [7, 11) is 0. The number of hydrogen-bond acceptors (Lipinski definition) is 4. The Labute approximate surface area is 128 Å². The maximum absolute atomic E-state index is 12.4. The van der Waals surface area contributed by atoms with Crippen molar-refractivity contribution in [1.29, 1.82) is 0 Å². The first-order valence-electron chi connectivity index (χ1n) is 6.85. The first kappa shape index (κ1) is 15.5. The van der Waals surface area contributed by atoms with Crippen molar-refractivity contribution in [2.75, 3.05) is 19.7 Å². The highest BCUT2D eigenvalue weighted by Gasteiger charge is 2.27. The highest BCUT2D eigenvalue weighted by molar-refractivity contribution is 7.10. The number of carbonyl (C=O) groups is 2. The van der Waals surface area contributed by atoms with Crippen LogP contribution in [0, 0.1) is 11.8 Å². The fraction of sp³-hybridized carbons (Fsp3) is 0.467. The van der Waals surface area contributed by atoms with Crippen molar-refractivity contribution in [1.82, 2.24) is 10.2 Å². The van der Waals surface area contributed by atoms with Crippen LogP contribution in [0.3, 0.4) is 0 Å². The molecule has 1 aliphatic rings. The van der Waals surface area contributed by atoms with Gasteiger partial charge in [0, 0.05) is 37.9 Å². The fourth-order valence-electron chi connectivity index (χ4n) is 2.25. The summed E-state index contributed by atoms with van der Waals surface area (Å²) in [5.74, 6) is 5.68. The van der Waals surface area contributed by atoms with E-state index in [-0.39, 0.29) is 24.5 Å². The molecule has 1 aliphatic heterocycles. The average molecular weight is 306 g/mol. The van der Waals surface area contributed by atoms with Gasteiger partial charge in [0.25, 0.3) is 5.91 Å². The highest BCUT2D eigenvalue weighted by atomic mass is 32.1. The SMILES string of the molecule is CC(=O)NC1CCN(C(=O)c2csc(C#CCCO)c2)C1. The van der Waals surface area contributed by atoms with Crippen LogP contribution in [0.4, 0.5) is 0 Å². The second-order valence-corrected chi connectivity index (χ2v) is 5.82. The predicted octanol–water partition coefficient (Wildman–Crippen LogP) is 0.833. The van der Waals surface area contributed by atoms with E-state index >= 15 is 0 Å². The lowest BCUT2D eigenvalue weighted by atomic mass is 10.2. The zero-order valence-electron chi connectivity index (χ0n) is 11.9. The van der Waals surface area contributed by atoms with E-state index in [0.717, 1.165) is 11.3 Å². The number of nitrogens with zero attached hydrogens (tertiary/aromatic N) is 1. The molecule has 112 valence electrons. The van der Waals surface area contributed by atoms with Gasteiger partial charge in [0.2, 0.25) is 5.91 Å². The van der Waals surface area contributed by atoms with E-state index in [1.54, 1.807) is 16.3 Å². The Morgan fingerprint density at radius 2 is 2.38 bits per heavy atom. The molecule has 1 fully saturated rings. The molecule has 2 amide bonds. The highest BCUT2D eigenvalue weighted by Crippen LogP contribution is 2.18. The molecular weight excluding hydrogens is 288 g/mol. The van der Waals surface area contributed by atoms with Crippen molar-refractivity contribution >= 4 is 23.2 Å². The minimum Gasteiger partial charge on any atom is -0.395 e. The van der Waals surface area contributed by atoms with Crippen LogP contribution in [-0.2, 0) is 4.79 Å². The Morgan fingerprint density at radius 1 is 1.57 bits per heavy atom. The molecule has 1 aromatic rings. The van der Waals surface area contributed by atoms with Gasteiger partial charge in [-0.05, 0) is 12.5 Å². The molecule has 2 rings (SSSR count). The van der Waals surface area contributed by atoms with Crippen molar-refractivity contribution in [2.45, 2.75) is 25.8 Å². The van der Waals surface area contributed by atoms with Crippen LogP contribution in [0.2, 0.25) is 0 Å². The first-order chi connectivity index (χ1) is 10.1. The van der Waals surface area contributed by atoms with Crippen LogP contribution in [0.5, 0.6) is 0 Å². The molecule has 21 heavy (non-hydrogen) atoms. The molecule has 0 aliphatic carbocycles. The number of likely N-dealkylation sites (tertiary alicyclic amines) is 1. The molecule has 1 aromatic heterocycles. The fourth-order valence-corrected chi connectivity index (χ4v) is 3.00. The summed E-state index contributed by atoms with van der Waals surface area (Å²) in [6.45, 7) is 2.74. The summed E-state index contributed by atoms with van der Waals surface area (Å²) >= 11 is 1.43. The minimum atomic E-state index is -0.0636. The van der Waals surface area contributed by atoms with Gasteiger partial charge in [0.1, 0.15) is 0 Å². The zero-order valence-corrected chi connectivity index (χ0v) is 12.7. The topological polar surface area (TPSA) is 69.6 Å². The molecule has 1 atom stereocenters. The summed E-state index contributed by atoms with van der Waals surface area (Å²) in [6.07, 6.45) is 1.23. The van der Waals surface area contributed by atoms with E-state index in [1.807, 2.05) is 0 Å². The summed E-state index contributed by atoms with van der Waals surface area (Å²) < 4.78 is 0. The summed E-state index contributed by atoms with van der Waals surface area (Å²) in [4.78, 5) is 26.0. The molecule has 0 aromatic carbocycles. The molecule has 6 heteroatoms. The van der Waals surface area contributed by atoms with Gasteiger partial charge in [-0.1, -0.05) is 11.8 Å². The Balaban J connectivity index is 1.95. The molecule has 0 radical (unpaired) electrons. The van der Waals surface area contributed by atoms with Gasteiger partial charge in [-0.25, -0.2) is 0 Å². The monoisotopic (exact) mass is 306 g/mol. The van der Waals surface area contributed by atoms with Crippen molar-refractivity contribution in [3.05, 3.63) is 21.9 Å². The number of amides is 2. The van der Waals surface area contributed by atoms with E-state index in [2.05, 4.69) is 17.2 Å². The van der Waals surface area contributed by atoms with Crippen LogP contribution in [0.15, 0.2) is 11.4 Å². The van der Waals surface area contributed by atoms with E-state index in [9.17, 15) is 9.59 Å². The second kappa shape index (κ2) is 7.25. The quantitative estimate of drug-likeness (QED) is 0.813. The van der Waals surface area contributed by atoms with Gasteiger partial charge in [-0.15, -0.1) is 11.3 Å². The summed E-state index contributed by atoms with van der Waals surface area (Å²) in [6, 6.07) is 1.83. The lowest BCUT2D eigenvalue weighted by Gasteiger charge is -2.15. The van der Waals surface area contributed by atoms with Crippen LogP contribution in [0.25, 0.3) is 0 Å². The van der Waals surface area contributed by atoms with E-state index in [1.165, 1.54) is 18.3 Å². The Hall–Kier alpha value is -1.84. The third-order valence-corrected chi connectivity index (χ3v) is 4.02. The van der Waals surface area contributed by atoms with Crippen LogP contribution < -0.4 is 5.32 Å². The first-order valence-corrected chi connectivity index (χ1v) is 7.72. The molecule has 0 bridgehead atoms. The molecule has 2 heterocycles. The zero-order chi connectivity index (χ0) is 15.2. The molecule has 5 nitrogen and oxygen atoms in total. The third kappa shape index (κ3) is 4.31. The number of nitrogens with one attached hydrogen (secondary N) is 1. The van der Waals surface area contributed by atoms with E-state index < -0.39 is 0 Å².